The number of allylic oxidation sites excluding steroid dienone is 2. The van der Waals surface area contributed by atoms with Crippen LogP contribution in [0.15, 0.2) is 42.2 Å². The van der Waals surface area contributed by atoms with Gasteiger partial charge in [0.05, 0.1) is 22.6 Å². The van der Waals surface area contributed by atoms with Gasteiger partial charge in [-0.2, -0.15) is 5.10 Å². The number of aromatic nitrogens is 5. The number of pyridine rings is 1. The van der Waals surface area contributed by atoms with Crippen LogP contribution in [0.4, 0.5) is 10.1 Å². The summed E-state index contributed by atoms with van der Waals surface area (Å²) < 4.78 is 14.5. The zero-order valence-corrected chi connectivity index (χ0v) is 22.2. The van der Waals surface area contributed by atoms with Gasteiger partial charge in [-0.3, -0.25) is 10.1 Å². The van der Waals surface area contributed by atoms with E-state index in [1.54, 1.807) is 12.4 Å². The van der Waals surface area contributed by atoms with Crippen LogP contribution in [0.1, 0.15) is 19.8 Å². The van der Waals surface area contributed by atoms with Gasteiger partial charge in [-0.15, -0.1) is 0 Å². The minimum absolute atomic E-state index is 0.317. The first kappa shape index (κ1) is 25.8. The second kappa shape index (κ2) is 11.3. The third-order valence-corrected chi connectivity index (χ3v) is 7.11. The number of piperidine rings is 1. The second-order valence-corrected chi connectivity index (χ2v) is 10.2. The van der Waals surface area contributed by atoms with Gasteiger partial charge in [0, 0.05) is 35.8 Å². The van der Waals surface area contributed by atoms with Crippen molar-refractivity contribution in [3.8, 4) is 22.6 Å². The van der Waals surface area contributed by atoms with E-state index in [0.29, 0.717) is 35.1 Å². The lowest BCUT2D eigenvalue weighted by Crippen LogP contribution is -2.28. The van der Waals surface area contributed by atoms with Gasteiger partial charge in [0.15, 0.2) is 5.82 Å². The van der Waals surface area contributed by atoms with Crippen molar-refractivity contribution in [2.24, 2.45) is 5.92 Å². The molecule has 38 heavy (non-hydrogen) atoms. The molecule has 4 aromatic rings. The molecular formula is C29H35FN8. The van der Waals surface area contributed by atoms with E-state index < -0.39 is 0 Å². The first-order chi connectivity index (χ1) is 18.4. The minimum atomic E-state index is -0.317. The molecule has 0 bridgehead atoms. The van der Waals surface area contributed by atoms with Crippen LogP contribution < -0.4 is 21.2 Å². The average Bonchev–Trinajstić information content (AvgIpc) is 3.50. The standard InChI is InChI=1S/C29H35FN8/c1-18(20-7-9-31-10-8-20)5-6-25-19(2)27(37-36-25)29-34-26-17-32-16-24(28(26)35-29)21-13-22(30)15-23(14-21)33-11-12-38(3)4/h5-6,13-17,20,31,33,36H,2,7-12H2,1,3-4H3,(H,34,35)/b18-5+,25-6+. The monoisotopic (exact) mass is 514 g/mol. The van der Waals surface area contributed by atoms with Crippen LogP contribution >= 0.6 is 0 Å². The normalized spacial score (nSPS) is 15.6. The molecule has 0 amide bonds. The second-order valence-electron chi connectivity index (χ2n) is 10.2. The number of nitrogens with zero attached hydrogens (tertiary/aromatic N) is 4. The Kier molecular flexibility index (Phi) is 7.67. The first-order valence-corrected chi connectivity index (χ1v) is 13.0. The van der Waals surface area contributed by atoms with Crippen molar-refractivity contribution in [2.75, 3.05) is 45.6 Å². The third-order valence-electron chi connectivity index (χ3n) is 7.11. The summed E-state index contributed by atoms with van der Waals surface area (Å²) in [6, 6.07) is 4.93. The number of benzene rings is 1. The maximum atomic E-state index is 14.5. The van der Waals surface area contributed by atoms with Crippen molar-refractivity contribution in [3.63, 3.8) is 0 Å². The zero-order chi connectivity index (χ0) is 26.6. The molecule has 1 fully saturated rings. The molecule has 5 rings (SSSR count). The van der Waals surface area contributed by atoms with Crippen LogP contribution in [0.25, 0.3) is 46.3 Å². The number of rotatable bonds is 8. The summed E-state index contributed by atoms with van der Waals surface area (Å²) in [5.74, 6) is 0.883. The van der Waals surface area contributed by atoms with Gasteiger partial charge in [0.25, 0.3) is 0 Å². The number of hydrogen-bond acceptors (Lipinski definition) is 6. The van der Waals surface area contributed by atoms with E-state index >= 15 is 0 Å². The SMILES string of the molecule is C=c1c(-c2nc3c(-c4cc(F)cc(NCCN(C)C)c4)cncc3[nH]2)n[nH]/c1=C/C=C(\C)C1CCNCC1. The van der Waals surface area contributed by atoms with Crippen molar-refractivity contribution >= 4 is 29.4 Å². The molecule has 0 aliphatic carbocycles. The minimum Gasteiger partial charge on any atom is -0.384 e. The first-order valence-electron chi connectivity index (χ1n) is 13.0. The summed E-state index contributed by atoms with van der Waals surface area (Å²) in [5.41, 5.74) is 5.64. The Morgan fingerprint density at radius 3 is 2.82 bits per heavy atom. The summed E-state index contributed by atoms with van der Waals surface area (Å²) in [6.07, 6.45) is 9.97. The molecule has 8 nitrogen and oxygen atoms in total. The van der Waals surface area contributed by atoms with Crippen molar-refractivity contribution < 1.29 is 4.39 Å². The number of H-pyrrole nitrogens is 2. The molecular weight excluding hydrogens is 479 g/mol. The Morgan fingerprint density at radius 1 is 1.21 bits per heavy atom. The van der Waals surface area contributed by atoms with Crippen LogP contribution in [0.2, 0.25) is 0 Å². The molecule has 4 heterocycles. The molecule has 0 unspecified atom stereocenters. The molecule has 1 saturated heterocycles. The molecule has 1 aliphatic rings. The molecule has 1 aromatic carbocycles. The maximum Gasteiger partial charge on any atom is 0.159 e. The number of nitrogens with one attached hydrogen (secondary N) is 4. The number of likely N-dealkylation sites (N-methyl/N-ethyl adjacent to an activating group) is 1. The fourth-order valence-electron chi connectivity index (χ4n) is 4.87. The molecule has 0 radical (unpaired) electrons. The lowest BCUT2D eigenvalue weighted by Gasteiger charge is -2.23. The fraction of sp³-hybridized carbons (Fsp3) is 0.345. The van der Waals surface area contributed by atoms with E-state index in [1.807, 2.05) is 26.2 Å². The van der Waals surface area contributed by atoms with Gasteiger partial charge >= 0.3 is 0 Å². The van der Waals surface area contributed by atoms with E-state index in [4.69, 9.17) is 4.98 Å². The van der Waals surface area contributed by atoms with Crippen LogP contribution in [-0.4, -0.2) is 70.3 Å². The van der Waals surface area contributed by atoms with E-state index in [-0.39, 0.29) is 5.82 Å². The van der Waals surface area contributed by atoms with Crippen LogP contribution in [-0.2, 0) is 0 Å². The lowest BCUT2D eigenvalue weighted by molar-refractivity contribution is 0.420. The van der Waals surface area contributed by atoms with Crippen molar-refractivity contribution in [2.45, 2.75) is 19.8 Å². The molecule has 1 aliphatic heterocycles. The van der Waals surface area contributed by atoms with Crippen LogP contribution in [0.3, 0.4) is 0 Å². The molecule has 0 spiro atoms. The third kappa shape index (κ3) is 5.69. The summed E-state index contributed by atoms with van der Waals surface area (Å²) in [6.45, 7) is 10.1. The van der Waals surface area contributed by atoms with Crippen molar-refractivity contribution in [1.82, 2.24) is 35.4 Å². The Morgan fingerprint density at radius 2 is 2.03 bits per heavy atom. The van der Waals surface area contributed by atoms with Gasteiger partial charge in [-0.1, -0.05) is 18.2 Å². The number of aromatic amines is 2. The summed E-state index contributed by atoms with van der Waals surface area (Å²) in [5, 5.41) is 15.9. The Labute approximate surface area is 221 Å². The van der Waals surface area contributed by atoms with Crippen LogP contribution in [0, 0.1) is 11.7 Å². The highest BCUT2D eigenvalue weighted by atomic mass is 19.1. The average molecular weight is 515 g/mol. The smallest absolute Gasteiger partial charge is 0.159 e. The Balaban J connectivity index is 1.45. The van der Waals surface area contributed by atoms with E-state index in [1.165, 1.54) is 17.7 Å². The lowest BCUT2D eigenvalue weighted by atomic mass is 9.91. The van der Waals surface area contributed by atoms with Gasteiger partial charge in [-0.05, 0) is 82.7 Å². The molecule has 198 valence electrons. The summed E-state index contributed by atoms with van der Waals surface area (Å²) >= 11 is 0. The Hall–Kier alpha value is -3.82. The largest absolute Gasteiger partial charge is 0.384 e. The molecule has 9 heteroatoms. The maximum absolute atomic E-state index is 14.5. The molecule has 0 saturated carbocycles. The number of hydrogen-bond donors (Lipinski definition) is 4. The molecule has 4 N–H and O–H groups in total. The number of anilines is 1. The van der Waals surface area contributed by atoms with Gasteiger partial charge < -0.3 is 20.5 Å². The van der Waals surface area contributed by atoms with Crippen molar-refractivity contribution in [3.05, 3.63) is 58.6 Å². The van der Waals surface area contributed by atoms with Crippen molar-refractivity contribution in [1.29, 1.82) is 0 Å². The van der Waals surface area contributed by atoms with Gasteiger partial charge in [0.2, 0.25) is 0 Å². The number of fused-ring (bicyclic) bond motifs is 1. The predicted octanol–water partition coefficient (Wildman–Crippen LogP) is 3.26. The molecule has 0 atom stereocenters. The summed E-state index contributed by atoms with van der Waals surface area (Å²) in [4.78, 5) is 14.6. The topological polar surface area (TPSA) is 97.6 Å². The highest BCUT2D eigenvalue weighted by Gasteiger charge is 2.16. The summed E-state index contributed by atoms with van der Waals surface area (Å²) in [7, 11) is 4.01. The predicted molar refractivity (Wildman–Crippen MR) is 152 cm³/mol. The number of halogens is 1. The fourth-order valence-corrected chi connectivity index (χ4v) is 4.87. The van der Waals surface area contributed by atoms with Gasteiger partial charge in [0.1, 0.15) is 11.5 Å². The Bertz CT molecular complexity index is 1560. The highest BCUT2D eigenvalue weighted by Crippen LogP contribution is 2.30. The van der Waals surface area contributed by atoms with E-state index in [9.17, 15) is 4.39 Å². The quantitative estimate of drug-likeness (QED) is 0.288. The molecule has 3 aromatic heterocycles. The highest BCUT2D eigenvalue weighted by molar-refractivity contribution is 5.93. The van der Waals surface area contributed by atoms with Gasteiger partial charge in [-0.25, -0.2) is 9.37 Å². The van der Waals surface area contributed by atoms with E-state index in [0.717, 1.165) is 59.8 Å². The van der Waals surface area contributed by atoms with E-state index in [2.05, 4.69) is 55.3 Å². The zero-order valence-electron chi connectivity index (χ0n) is 22.2. The number of imidazole rings is 1. The van der Waals surface area contributed by atoms with Crippen LogP contribution in [0.5, 0.6) is 0 Å².